The maximum atomic E-state index is 15.7. The third-order valence-corrected chi connectivity index (χ3v) is 10.6. The zero-order chi connectivity index (χ0) is 25.4. The lowest BCUT2D eigenvalue weighted by molar-refractivity contribution is -0.203. The third kappa shape index (κ3) is 2.96. The topological polar surface area (TPSA) is 101 Å². The molecule has 0 heterocycles. The lowest BCUT2D eigenvalue weighted by Crippen LogP contribution is -2.70. The molecule has 0 saturated heterocycles. The number of allylic oxidation sites excluding steroid dienone is 4. The van der Waals surface area contributed by atoms with Crippen LogP contribution < -0.4 is 0 Å². The largest absolute Gasteiger partial charge is 0.450 e. The van der Waals surface area contributed by atoms with Gasteiger partial charge in [-0.2, -0.15) is 0 Å². The van der Waals surface area contributed by atoms with E-state index in [1.807, 2.05) is 0 Å². The first kappa shape index (κ1) is 25.8. The normalized spacial score (nSPS) is 47.7. The van der Waals surface area contributed by atoms with Gasteiger partial charge < -0.3 is 14.9 Å². The quantitative estimate of drug-likeness (QED) is 0.436. The van der Waals surface area contributed by atoms with Crippen molar-refractivity contribution in [2.75, 3.05) is 6.61 Å². The Morgan fingerprint density at radius 1 is 1.26 bits per heavy atom. The summed E-state index contributed by atoms with van der Waals surface area (Å²) in [5.74, 6) is -3.22. The van der Waals surface area contributed by atoms with Crippen LogP contribution in [0.3, 0.4) is 0 Å². The molecule has 0 aromatic carbocycles. The number of rotatable bonds is 4. The summed E-state index contributed by atoms with van der Waals surface area (Å²) in [7, 11) is 0. The predicted molar refractivity (Wildman–Crippen MR) is 124 cm³/mol. The van der Waals surface area contributed by atoms with E-state index in [-0.39, 0.29) is 29.9 Å². The number of ether oxygens (including phenoxy) is 1. The van der Waals surface area contributed by atoms with Gasteiger partial charge in [-0.15, -0.1) is 11.6 Å². The van der Waals surface area contributed by atoms with Crippen LogP contribution in [0.4, 0.5) is 4.39 Å². The van der Waals surface area contributed by atoms with E-state index in [0.717, 1.165) is 0 Å². The molecule has 4 aliphatic rings. The van der Waals surface area contributed by atoms with Gasteiger partial charge in [0.1, 0.15) is 12.8 Å². The molecule has 34 heavy (non-hydrogen) atoms. The van der Waals surface area contributed by atoms with E-state index in [9.17, 15) is 24.6 Å². The van der Waals surface area contributed by atoms with Crippen LogP contribution in [-0.4, -0.2) is 57.1 Å². The number of hydrogen-bond donors (Lipinski definition) is 2. The molecule has 188 valence electrons. The number of ketones is 2. The van der Waals surface area contributed by atoms with Crippen molar-refractivity contribution in [2.24, 2.45) is 28.6 Å². The van der Waals surface area contributed by atoms with Crippen molar-refractivity contribution in [3.63, 3.8) is 0 Å². The van der Waals surface area contributed by atoms with Crippen LogP contribution in [0.15, 0.2) is 22.8 Å². The van der Waals surface area contributed by atoms with Gasteiger partial charge in [0.15, 0.2) is 11.4 Å². The van der Waals surface area contributed by atoms with Crippen LogP contribution >= 0.6 is 23.2 Å². The first-order chi connectivity index (χ1) is 15.7. The molecule has 3 unspecified atom stereocenters. The summed E-state index contributed by atoms with van der Waals surface area (Å²) in [6.45, 7) is 6.02. The molecule has 0 amide bonds. The van der Waals surface area contributed by atoms with Crippen molar-refractivity contribution in [3.05, 3.63) is 22.8 Å². The average Bonchev–Trinajstić information content (AvgIpc) is 2.99. The highest BCUT2D eigenvalue weighted by Gasteiger charge is 2.77. The Balaban J connectivity index is 1.90. The molecule has 0 aromatic rings. The molecule has 4 rings (SSSR count). The van der Waals surface area contributed by atoms with Gasteiger partial charge in [0.25, 0.3) is 0 Å². The van der Waals surface area contributed by atoms with Crippen molar-refractivity contribution < 1.29 is 33.7 Å². The Morgan fingerprint density at radius 3 is 2.50 bits per heavy atom. The predicted octanol–water partition coefficient (Wildman–Crippen LogP) is 3.64. The molecule has 0 aliphatic heterocycles. The van der Waals surface area contributed by atoms with E-state index >= 15 is 4.39 Å². The lowest BCUT2D eigenvalue weighted by Gasteiger charge is -2.64. The minimum atomic E-state index is -1.67. The number of carbonyl (C=O) groups excluding carboxylic acids is 3. The number of aliphatic hydroxyl groups excluding tert-OH is 2. The summed E-state index contributed by atoms with van der Waals surface area (Å²) in [4.78, 5) is 36.5. The van der Waals surface area contributed by atoms with Crippen LogP contribution in [0.1, 0.15) is 53.4 Å². The van der Waals surface area contributed by atoms with Crippen molar-refractivity contribution in [2.45, 2.75) is 76.1 Å². The number of aliphatic hydroxyl groups is 2. The van der Waals surface area contributed by atoms with Crippen LogP contribution in [-0.2, 0) is 19.1 Å². The Hall–Kier alpha value is -1.28. The summed E-state index contributed by atoms with van der Waals surface area (Å²) >= 11 is 13.5. The van der Waals surface area contributed by atoms with E-state index in [1.165, 1.54) is 12.2 Å². The molecule has 0 bridgehead atoms. The molecular formula is C25H31Cl2FO6. The van der Waals surface area contributed by atoms with Crippen LogP contribution in [0.2, 0.25) is 0 Å². The van der Waals surface area contributed by atoms with Gasteiger partial charge >= 0.3 is 5.97 Å². The van der Waals surface area contributed by atoms with Gasteiger partial charge in [0.05, 0.1) is 16.0 Å². The van der Waals surface area contributed by atoms with E-state index in [2.05, 4.69) is 0 Å². The lowest BCUT2D eigenvalue weighted by atomic mass is 9.45. The minimum Gasteiger partial charge on any atom is -0.450 e. The van der Waals surface area contributed by atoms with Gasteiger partial charge in [0.2, 0.25) is 5.78 Å². The zero-order valence-corrected chi connectivity index (χ0v) is 21.3. The average molecular weight is 517 g/mol. The summed E-state index contributed by atoms with van der Waals surface area (Å²) in [5, 5.41) is 21.4. The van der Waals surface area contributed by atoms with E-state index in [4.69, 9.17) is 27.9 Å². The highest BCUT2D eigenvalue weighted by atomic mass is 35.5. The molecule has 9 atom stereocenters. The number of hydrogen-bond acceptors (Lipinski definition) is 6. The number of fused-ring (bicyclic) bond motifs is 5. The molecule has 0 radical (unpaired) electrons. The Kier molecular flexibility index (Phi) is 6.16. The van der Waals surface area contributed by atoms with Crippen LogP contribution in [0.25, 0.3) is 0 Å². The van der Waals surface area contributed by atoms with Crippen molar-refractivity contribution in [1.82, 2.24) is 0 Å². The minimum absolute atomic E-state index is 0.00995. The highest BCUT2D eigenvalue weighted by Crippen LogP contribution is 2.72. The van der Waals surface area contributed by atoms with Gasteiger partial charge in [-0.3, -0.25) is 14.4 Å². The molecule has 0 spiro atoms. The summed E-state index contributed by atoms with van der Waals surface area (Å²) in [6.07, 6.45) is 0.256. The van der Waals surface area contributed by atoms with Crippen molar-refractivity contribution >= 4 is 40.7 Å². The smallest absolute Gasteiger partial charge is 0.306 e. The second-order valence-corrected chi connectivity index (χ2v) is 11.8. The molecule has 3 fully saturated rings. The third-order valence-electron chi connectivity index (χ3n) is 9.35. The molecule has 3 saturated carbocycles. The van der Waals surface area contributed by atoms with Gasteiger partial charge in [-0.05, 0) is 48.8 Å². The van der Waals surface area contributed by atoms with Crippen LogP contribution in [0.5, 0.6) is 0 Å². The molecule has 6 nitrogen and oxygen atoms in total. The SMILES string of the molecule is CCC(=O)O[C@]1(C(=O)CO)C(C)C[C@H]2[C@@H]3CC(F)C4=CC(=O)C(Cl)=C[C@]4(C)[C@@]3(Cl)C(O)C[C@@]21C. The number of carbonyl (C=O) groups is 3. The Morgan fingerprint density at radius 2 is 1.91 bits per heavy atom. The van der Waals surface area contributed by atoms with Crippen LogP contribution in [0, 0.1) is 28.6 Å². The molecular weight excluding hydrogens is 486 g/mol. The maximum absolute atomic E-state index is 15.7. The number of halogens is 3. The first-order valence-corrected chi connectivity index (χ1v) is 12.5. The molecule has 2 N–H and O–H groups in total. The zero-order valence-electron chi connectivity index (χ0n) is 19.7. The number of alkyl halides is 2. The summed E-state index contributed by atoms with van der Waals surface area (Å²) < 4.78 is 21.5. The fourth-order valence-corrected chi connectivity index (χ4v) is 8.57. The monoisotopic (exact) mass is 516 g/mol. The van der Waals surface area contributed by atoms with E-state index in [1.54, 1.807) is 27.7 Å². The summed E-state index contributed by atoms with van der Waals surface area (Å²) in [6, 6.07) is 0. The Labute approximate surface area is 208 Å². The summed E-state index contributed by atoms with van der Waals surface area (Å²) in [5.41, 5.74) is -3.80. The number of esters is 1. The fraction of sp³-hybridized carbons (Fsp3) is 0.720. The molecule has 9 heteroatoms. The standard InChI is InChI=1S/C25H31Cl2FO6/c1-5-21(33)34-25(20(32)11-29)12(2)6-13-14-7-17(28)15-8-18(30)16(26)9-22(15,3)24(14,27)19(31)10-23(13,25)4/h8-9,12-14,17,19,29,31H,5-7,10-11H2,1-4H3/t12?,13-,14-,17?,19?,22-,23-,24-,25-/m0/s1. The van der Waals surface area contributed by atoms with Crippen molar-refractivity contribution in [3.8, 4) is 0 Å². The Bertz CT molecular complexity index is 1010. The fourth-order valence-electron chi connectivity index (χ4n) is 7.82. The van der Waals surface area contributed by atoms with E-state index < -0.39 is 75.5 Å². The first-order valence-electron chi connectivity index (χ1n) is 11.8. The molecule has 4 aliphatic carbocycles. The van der Waals surface area contributed by atoms with E-state index in [0.29, 0.717) is 6.42 Å². The van der Waals surface area contributed by atoms with Crippen molar-refractivity contribution in [1.29, 1.82) is 0 Å². The van der Waals surface area contributed by atoms with Gasteiger partial charge in [-0.25, -0.2) is 4.39 Å². The highest BCUT2D eigenvalue weighted by molar-refractivity contribution is 6.45. The second kappa shape index (κ2) is 8.12. The van der Waals surface area contributed by atoms with Gasteiger partial charge in [0, 0.05) is 23.2 Å². The number of Topliss-reactive ketones (excluding diaryl/α,β-unsaturated/α-hetero) is 1. The second-order valence-electron chi connectivity index (χ2n) is 10.8. The van der Waals surface area contributed by atoms with Gasteiger partial charge in [-0.1, -0.05) is 39.3 Å². The molecule has 0 aromatic heterocycles. The maximum Gasteiger partial charge on any atom is 0.306 e.